The number of hydrogen-bond acceptors (Lipinski definition) is 3. The summed E-state index contributed by atoms with van der Waals surface area (Å²) in [7, 11) is 0. The number of fused-ring (bicyclic) bond motifs is 1. The van der Waals surface area contributed by atoms with E-state index < -0.39 is 0 Å². The Labute approximate surface area is 76.5 Å². The van der Waals surface area contributed by atoms with Crippen LogP contribution in [0.5, 0.6) is 0 Å². The van der Waals surface area contributed by atoms with Crippen LogP contribution in [-0.2, 0) is 9.59 Å². The van der Waals surface area contributed by atoms with Gasteiger partial charge in [-0.25, -0.2) is 0 Å². The van der Waals surface area contributed by atoms with Crippen LogP contribution in [0.25, 0.3) is 0 Å². The average Bonchev–Trinajstić information content (AvgIpc) is 2.35. The first-order valence-corrected chi connectivity index (χ1v) is 4.36. The summed E-state index contributed by atoms with van der Waals surface area (Å²) in [5.74, 6) is -0.355. The molecule has 2 rings (SSSR count). The molecule has 0 aromatic carbocycles. The summed E-state index contributed by atoms with van der Waals surface area (Å²) in [6.07, 6.45) is 3.35. The average molecular weight is 177 g/mol. The molecule has 0 aromatic rings. The van der Waals surface area contributed by atoms with Crippen molar-refractivity contribution in [3.63, 3.8) is 0 Å². The van der Waals surface area contributed by atoms with E-state index in [1.54, 1.807) is 0 Å². The van der Waals surface area contributed by atoms with E-state index in [2.05, 4.69) is 4.99 Å². The molecule has 0 fully saturated rings. The van der Waals surface area contributed by atoms with Crippen LogP contribution in [0.4, 0.5) is 0 Å². The lowest BCUT2D eigenvalue weighted by atomic mass is 9.85. The predicted octanol–water partition coefficient (Wildman–Crippen LogP) is 0.934. The van der Waals surface area contributed by atoms with Gasteiger partial charge in [0.15, 0.2) is 11.6 Å². The van der Waals surface area contributed by atoms with E-state index in [4.69, 9.17) is 0 Å². The summed E-state index contributed by atoms with van der Waals surface area (Å²) >= 11 is 0. The highest BCUT2D eigenvalue weighted by Gasteiger charge is 2.41. The molecule has 0 spiro atoms. The zero-order valence-electron chi connectivity index (χ0n) is 7.70. The number of hydrogen-bond donors (Lipinski definition) is 0. The van der Waals surface area contributed by atoms with E-state index in [0.717, 1.165) is 0 Å². The lowest BCUT2D eigenvalue weighted by molar-refractivity contribution is -0.118. The van der Waals surface area contributed by atoms with E-state index in [1.807, 2.05) is 13.8 Å². The summed E-state index contributed by atoms with van der Waals surface area (Å²) < 4.78 is 0. The number of carbonyl (C=O) groups is 2. The second-order valence-electron chi connectivity index (χ2n) is 4.17. The number of carbonyl (C=O) groups excluding carboxylic acids is 2. The van der Waals surface area contributed by atoms with E-state index in [1.165, 1.54) is 12.2 Å². The molecule has 0 saturated heterocycles. The minimum Gasteiger partial charge on any atom is -0.294 e. The van der Waals surface area contributed by atoms with Gasteiger partial charge < -0.3 is 0 Å². The summed E-state index contributed by atoms with van der Waals surface area (Å²) in [6.45, 7) is 3.89. The fraction of sp³-hybridized carbons (Fsp3) is 0.500. The highest BCUT2D eigenvalue weighted by Crippen LogP contribution is 2.32. The molecule has 0 saturated carbocycles. The Balaban J connectivity index is 2.45. The van der Waals surface area contributed by atoms with Crippen LogP contribution < -0.4 is 0 Å². The third kappa shape index (κ3) is 1.24. The second-order valence-corrected chi connectivity index (χ2v) is 4.17. The summed E-state index contributed by atoms with van der Waals surface area (Å²) in [4.78, 5) is 27.0. The number of rotatable bonds is 0. The molecule has 2 aliphatic rings. The number of nitrogens with zero attached hydrogens (tertiary/aromatic N) is 1. The molecule has 0 N–H and O–H groups in total. The van der Waals surface area contributed by atoms with Crippen molar-refractivity contribution in [2.24, 2.45) is 10.9 Å². The molecule has 1 atom stereocenters. The third-order valence-electron chi connectivity index (χ3n) is 2.45. The minimum absolute atomic E-state index is 0.0175. The Kier molecular flexibility index (Phi) is 1.53. The zero-order chi connectivity index (χ0) is 9.64. The molecule has 0 amide bonds. The maximum absolute atomic E-state index is 11.4. The van der Waals surface area contributed by atoms with Crippen LogP contribution in [-0.4, -0.2) is 22.8 Å². The highest BCUT2D eigenvalue weighted by atomic mass is 16.1. The fourth-order valence-corrected chi connectivity index (χ4v) is 1.87. The van der Waals surface area contributed by atoms with Crippen molar-refractivity contribution < 1.29 is 9.59 Å². The maximum atomic E-state index is 11.4. The standard InChI is InChI=1S/C10H11NO2/c1-10(2)5-6-7(12)3-4-8(13)9(6)11-10/h3-4,6H,5H2,1-2H3. The van der Waals surface area contributed by atoms with E-state index in [-0.39, 0.29) is 23.0 Å². The van der Waals surface area contributed by atoms with Gasteiger partial charge in [0.1, 0.15) is 0 Å². The minimum atomic E-state index is -0.271. The van der Waals surface area contributed by atoms with E-state index >= 15 is 0 Å². The Morgan fingerprint density at radius 3 is 2.69 bits per heavy atom. The molecule has 1 heterocycles. The fourth-order valence-electron chi connectivity index (χ4n) is 1.87. The topological polar surface area (TPSA) is 46.5 Å². The highest BCUT2D eigenvalue weighted by molar-refractivity contribution is 6.51. The smallest absolute Gasteiger partial charge is 0.200 e. The SMILES string of the molecule is CC1(C)CC2C(=O)C=CC(=O)C2=N1. The molecule has 1 aliphatic carbocycles. The first kappa shape index (κ1) is 8.35. The number of ketones is 2. The third-order valence-corrected chi connectivity index (χ3v) is 2.45. The molecule has 13 heavy (non-hydrogen) atoms. The monoisotopic (exact) mass is 177 g/mol. The van der Waals surface area contributed by atoms with Gasteiger partial charge in [0.2, 0.25) is 0 Å². The molecule has 1 aliphatic heterocycles. The molecule has 3 nitrogen and oxygen atoms in total. The quantitative estimate of drug-likeness (QED) is 0.552. The van der Waals surface area contributed by atoms with Crippen molar-refractivity contribution in [1.29, 1.82) is 0 Å². The molecular formula is C10H11NO2. The molecule has 1 unspecified atom stereocenters. The first-order valence-electron chi connectivity index (χ1n) is 4.36. The first-order chi connectivity index (χ1) is 5.99. The normalized spacial score (nSPS) is 30.3. The predicted molar refractivity (Wildman–Crippen MR) is 48.8 cm³/mol. The summed E-state index contributed by atoms with van der Waals surface area (Å²) in [6, 6.07) is 0. The van der Waals surface area contributed by atoms with E-state index in [0.29, 0.717) is 12.1 Å². The lowest BCUT2D eigenvalue weighted by Gasteiger charge is -2.14. The van der Waals surface area contributed by atoms with Crippen LogP contribution in [0, 0.1) is 5.92 Å². The molecule has 68 valence electrons. The summed E-state index contributed by atoms with van der Waals surface area (Å²) in [5.41, 5.74) is 0.203. The Morgan fingerprint density at radius 2 is 2.08 bits per heavy atom. The number of allylic oxidation sites excluding steroid dienone is 2. The van der Waals surface area contributed by atoms with Crippen LogP contribution in [0.2, 0.25) is 0 Å². The van der Waals surface area contributed by atoms with Gasteiger partial charge in [0.25, 0.3) is 0 Å². The zero-order valence-corrected chi connectivity index (χ0v) is 7.70. The van der Waals surface area contributed by atoms with Gasteiger partial charge in [-0.3, -0.25) is 14.6 Å². The molecule has 0 bridgehead atoms. The molecule has 3 heteroatoms. The van der Waals surface area contributed by atoms with Crippen LogP contribution in [0.15, 0.2) is 17.1 Å². The van der Waals surface area contributed by atoms with Gasteiger partial charge in [-0.2, -0.15) is 0 Å². The Hall–Kier alpha value is -1.25. The lowest BCUT2D eigenvalue weighted by Crippen LogP contribution is -2.29. The van der Waals surface area contributed by atoms with Gasteiger partial charge in [-0.1, -0.05) is 0 Å². The van der Waals surface area contributed by atoms with Crippen molar-refractivity contribution in [1.82, 2.24) is 0 Å². The summed E-state index contributed by atoms with van der Waals surface area (Å²) in [5, 5.41) is 0. The molecule has 0 aromatic heterocycles. The maximum Gasteiger partial charge on any atom is 0.200 e. The van der Waals surface area contributed by atoms with Crippen molar-refractivity contribution in [3.8, 4) is 0 Å². The largest absolute Gasteiger partial charge is 0.294 e. The van der Waals surface area contributed by atoms with Gasteiger partial charge in [0.05, 0.1) is 17.2 Å². The van der Waals surface area contributed by atoms with Crippen LogP contribution in [0.3, 0.4) is 0 Å². The van der Waals surface area contributed by atoms with Gasteiger partial charge in [-0.15, -0.1) is 0 Å². The van der Waals surface area contributed by atoms with Crippen molar-refractivity contribution in [2.75, 3.05) is 0 Å². The molecule has 0 radical (unpaired) electrons. The Morgan fingerprint density at radius 1 is 1.38 bits per heavy atom. The van der Waals surface area contributed by atoms with Crippen molar-refractivity contribution in [2.45, 2.75) is 25.8 Å². The van der Waals surface area contributed by atoms with Crippen molar-refractivity contribution in [3.05, 3.63) is 12.2 Å². The van der Waals surface area contributed by atoms with Gasteiger partial charge in [0, 0.05) is 0 Å². The Bertz CT molecular complexity index is 350. The second kappa shape index (κ2) is 2.37. The van der Waals surface area contributed by atoms with E-state index in [9.17, 15) is 9.59 Å². The van der Waals surface area contributed by atoms with Gasteiger partial charge in [-0.05, 0) is 32.4 Å². The van der Waals surface area contributed by atoms with Crippen LogP contribution >= 0.6 is 0 Å². The van der Waals surface area contributed by atoms with Gasteiger partial charge >= 0.3 is 0 Å². The molecular weight excluding hydrogens is 166 g/mol. The van der Waals surface area contributed by atoms with Crippen molar-refractivity contribution >= 4 is 17.3 Å². The number of aliphatic imine (C=N–C) groups is 1. The van der Waals surface area contributed by atoms with Crippen LogP contribution in [0.1, 0.15) is 20.3 Å².